The number of benzene rings is 1. The third-order valence-corrected chi connectivity index (χ3v) is 2.48. The van der Waals surface area contributed by atoms with Crippen LogP contribution in [0.2, 0.25) is 0 Å². The van der Waals surface area contributed by atoms with E-state index in [0.717, 1.165) is 0 Å². The Morgan fingerprint density at radius 3 is 2.18 bits per heavy atom. The maximum atomic E-state index is 9.97. The molecule has 8 heteroatoms. The van der Waals surface area contributed by atoms with Gasteiger partial charge in [0.15, 0.2) is 0 Å². The molecule has 1 rings (SSSR count). The first-order chi connectivity index (χ1) is 9.83. The van der Waals surface area contributed by atoms with Crippen LogP contribution in [0.3, 0.4) is 0 Å². The van der Waals surface area contributed by atoms with Crippen molar-refractivity contribution in [1.82, 2.24) is 5.32 Å². The number of nitrogens with one attached hydrogen (secondary N) is 1. The fourth-order valence-corrected chi connectivity index (χ4v) is 1.46. The summed E-state index contributed by atoms with van der Waals surface area (Å²) in [6.07, 6.45) is 0.0626. The highest BCUT2D eigenvalue weighted by Crippen LogP contribution is 2.22. The fraction of sp³-hybridized carbons (Fsp3) is 0.571. The van der Waals surface area contributed by atoms with E-state index in [9.17, 15) is 18.6 Å². The molecule has 0 spiro atoms. The summed E-state index contributed by atoms with van der Waals surface area (Å²) >= 11 is 0. The zero-order valence-electron chi connectivity index (χ0n) is 13.2. The monoisotopic (exact) mass is 335 g/mol. The summed E-state index contributed by atoms with van der Waals surface area (Å²) in [5.41, 5.74) is 1.05. The second kappa shape index (κ2) is 8.44. The molecular formula is C14H25NO6S. The molecule has 0 bridgehead atoms. The molecule has 5 N–H and O–H groups in total. The largest absolute Gasteiger partial charge is 0.508 e. The molecular weight excluding hydrogens is 310 g/mol. The number of β-amino-alcohol motifs (C(OH)–C–C–N with tert-alkyl or cyclic N) is 1. The lowest BCUT2D eigenvalue weighted by Crippen LogP contribution is -2.38. The van der Waals surface area contributed by atoms with E-state index in [1.165, 1.54) is 6.07 Å². The van der Waals surface area contributed by atoms with Gasteiger partial charge in [-0.3, -0.25) is 4.55 Å². The molecule has 0 saturated heterocycles. The van der Waals surface area contributed by atoms with Crippen LogP contribution in [0.1, 0.15) is 38.0 Å². The van der Waals surface area contributed by atoms with Crippen LogP contribution in [-0.2, 0) is 16.7 Å². The first-order valence-electron chi connectivity index (χ1n) is 6.61. The van der Waals surface area contributed by atoms with Crippen molar-refractivity contribution in [3.05, 3.63) is 29.3 Å². The summed E-state index contributed by atoms with van der Waals surface area (Å²) in [5.74, 6) is 0.0484. The second-order valence-corrected chi connectivity index (χ2v) is 7.39. The molecule has 1 atom stereocenters. The van der Waals surface area contributed by atoms with Crippen molar-refractivity contribution in [3.8, 4) is 5.75 Å². The number of aromatic hydroxyl groups is 1. The molecule has 22 heavy (non-hydrogen) atoms. The highest BCUT2D eigenvalue weighted by atomic mass is 32.2. The molecule has 0 aliphatic carbocycles. The topological polar surface area (TPSA) is 127 Å². The van der Waals surface area contributed by atoms with Crippen molar-refractivity contribution < 1.29 is 28.3 Å². The van der Waals surface area contributed by atoms with Crippen LogP contribution >= 0.6 is 0 Å². The average Bonchev–Trinajstić information content (AvgIpc) is 2.33. The predicted molar refractivity (Wildman–Crippen MR) is 84.2 cm³/mol. The van der Waals surface area contributed by atoms with Crippen molar-refractivity contribution in [2.75, 3.05) is 12.8 Å². The molecule has 0 radical (unpaired) electrons. The minimum Gasteiger partial charge on any atom is -0.508 e. The van der Waals surface area contributed by atoms with E-state index in [0.29, 0.717) is 23.9 Å². The van der Waals surface area contributed by atoms with Gasteiger partial charge < -0.3 is 20.6 Å². The average molecular weight is 335 g/mol. The van der Waals surface area contributed by atoms with Crippen LogP contribution in [0.15, 0.2) is 18.2 Å². The predicted octanol–water partition coefficient (Wildman–Crippen LogP) is 0.810. The highest BCUT2D eigenvalue weighted by molar-refractivity contribution is 7.85. The van der Waals surface area contributed by atoms with E-state index in [4.69, 9.17) is 9.66 Å². The van der Waals surface area contributed by atoms with Gasteiger partial charge in [-0.25, -0.2) is 0 Å². The molecule has 0 heterocycles. The van der Waals surface area contributed by atoms with Crippen LogP contribution in [0.25, 0.3) is 0 Å². The number of hydrogen-bond donors (Lipinski definition) is 5. The fourth-order valence-electron chi connectivity index (χ4n) is 1.46. The third kappa shape index (κ3) is 10.5. The Balaban J connectivity index is 0.000000763. The Morgan fingerprint density at radius 1 is 1.27 bits per heavy atom. The van der Waals surface area contributed by atoms with Crippen LogP contribution in [0, 0.1) is 0 Å². The van der Waals surface area contributed by atoms with Crippen molar-refractivity contribution >= 4 is 10.1 Å². The van der Waals surface area contributed by atoms with E-state index in [-0.39, 0.29) is 17.9 Å². The summed E-state index contributed by atoms with van der Waals surface area (Å²) in [5, 5.41) is 31.6. The highest BCUT2D eigenvalue weighted by Gasteiger charge is 2.14. The van der Waals surface area contributed by atoms with E-state index in [1.54, 1.807) is 12.1 Å². The standard InChI is InChI=1S/C13H21NO3.CH4O3S/c1-13(2,3)14-7-12(17)9-4-5-11(16)10(6-9)8-15;1-5(2,3)4/h4-6,12,14-17H,7-8H2,1-3H3;1H3,(H,2,3,4). The molecule has 0 amide bonds. The molecule has 0 aromatic heterocycles. The number of phenols is 1. The van der Waals surface area contributed by atoms with Gasteiger partial charge in [0.1, 0.15) is 5.75 Å². The van der Waals surface area contributed by atoms with Crippen molar-refractivity contribution in [2.24, 2.45) is 0 Å². The maximum Gasteiger partial charge on any atom is 0.261 e. The maximum absolute atomic E-state index is 9.97. The quantitative estimate of drug-likeness (QED) is 0.515. The van der Waals surface area contributed by atoms with E-state index < -0.39 is 16.2 Å². The lowest BCUT2D eigenvalue weighted by molar-refractivity contribution is 0.163. The molecule has 1 aromatic carbocycles. The summed E-state index contributed by atoms with van der Waals surface area (Å²) in [7, 11) is -3.67. The van der Waals surface area contributed by atoms with E-state index >= 15 is 0 Å². The molecule has 0 fully saturated rings. The molecule has 0 aliphatic rings. The Bertz CT molecular complexity index is 557. The Labute approximate surface area is 131 Å². The Kier molecular flexibility index (Phi) is 7.99. The van der Waals surface area contributed by atoms with Gasteiger partial charge in [-0.1, -0.05) is 6.07 Å². The van der Waals surface area contributed by atoms with Gasteiger partial charge in [0.2, 0.25) is 0 Å². The SMILES string of the molecule is CC(C)(C)NCC(O)c1ccc(O)c(CO)c1.CS(=O)(=O)O. The number of aliphatic hydroxyl groups excluding tert-OH is 2. The lowest BCUT2D eigenvalue weighted by Gasteiger charge is -2.23. The van der Waals surface area contributed by atoms with Gasteiger partial charge in [-0.05, 0) is 38.5 Å². The molecule has 1 unspecified atom stereocenters. The molecule has 0 aliphatic heterocycles. The minimum atomic E-state index is -3.67. The van der Waals surface area contributed by atoms with Gasteiger partial charge in [-0.15, -0.1) is 0 Å². The summed E-state index contributed by atoms with van der Waals surface area (Å²) < 4.78 is 25.9. The number of rotatable bonds is 4. The summed E-state index contributed by atoms with van der Waals surface area (Å²) in [6.45, 7) is 6.26. The first kappa shape index (κ1) is 20.8. The van der Waals surface area contributed by atoms with Gasteiger partial charge in [0, 0.05) is 17.6 Å². The second-order valence-electron chi connectivity index (χ2n) is 5.93. The third-order valence-electron chi connectivity index (χ3n) is 2.48. The van der Waals surface area contributed by atoms with Gasteiger partial charge in [0.25, 0.3) is 10.1 Å². The Hall–Kier alpha value is -1.19. The molecule has 1 aromatic rings. The minimum absolute atomic E-state index is 0.0484. The lowest BCUT2D eigenvalue weighted by atomic mass is 10.0. The smallest absolute Gasteiger partial charge is 0.261 e. The van der Waals surface area contributed by atoms with Crippen LogP contribution in [-0.4, -0.2) is 46.6 Å². The molecule has 7 nitrogen and oxygen atoms in total. The number of aliphatic hydroxyl groups is 2. The number of hydrogen-bond acceptors (Lipinski definition) is 6. The zero-order valence-corrected chi connectivity index (χ0v) is 14.1. The normalized spacial score (nSPS) is 13.2. The van der Waals surface area contributed by atoms with Crippen molar-refractivity contribution in [2.45, 2.75) is 39.0 Å². The van der Waals surface area contributed by atoms with Crippen LogP contribution in [0.4, 0.5) is 0 Å². The summed E-state index contributed by atoms with van der Waals surface area (Å²) in [6, 6.07) is 4.76. The first-order valence-corrected chi connectivity index (χ1v) is 8.46. The van der Waals surface area contributed by atoms with Gasteiger partial charge in [0.05, 0.1) is 19.0 Å². The summed E-state index contributed by atoms with van der Waals surface area (Å²) in [4.78, 5) is 0. The molecule has 128 valence electrons. The van der Waals surface area contributed by atoms with Crippen LogP contribution in [0.5, 0.6) is 5.75 Å². The zero-order chi connectivity index (χ0) is 17.6. The van der Waals surface area contributed by atoms with Crippen LogP contribution < -0.4 is 5.32 Å². The Morgan fingerprint density at radius 2 is 1.77 bits per heavy atom. The van der Waals surface area contributed by atoms with Crippen molar-refractivity contribution in [3.63, 3.8) is 0 Å². The van der Waals surface area contributed by atoms with E-state index in [2.05, 4.69) is 5.32 Å². The van der Waals surface area contributed by atoms with E-state index in [1.807, 2.05) is 20.8 Å². The molecule has 0 saturated carbocycles. The van der Waals surface area contributed by atoms with Gasteiger partial charge in [-0.2, -0.15) is 8.42 Å². The van der Waals surface area contributed by atoms with Gasteiger partial charge >= 0.3 is 0 Å². The van der Waals surface area contributed by atoms with Crippen molar-refractivity contribution in [1.29, 1.82) is 0 Å².